The molecule has 0 fully saturated rings. The maximum Gasteiger partial charge on any atom is 0.103 e. The van der Waals surface area contributed by atoms with Crippen molar-refractivity contribution in [1.29, 1.82) is 0 Å². The molecule has 1 atom stereocenters. The van der Waals surface area contributed by atoms with E-state index >= 15 is 0 Å². The van der Waals surface area contributed by atoms with E-state index in [1.54, 1.807) is 11.3 Å². The quantitative estimate of drug-likeness (QED) is 0.822. The van der Waals surface area contributed by atoms with Crippen LogP contribution in [0.4, 0.5) is 5.69 Å². The number of rotatable bonds is 5. The summed E-state index contributed by atoms with van der Waals surface area (Å²) in [5.74, 6) is 0. The van der Waals surface area contributed by atoms with Crippen LogP contribution in [0.1, 0.15) is 17.4 Å². The Morgan fingerprint density at radius 2 is 2.06 bits per heavy atom. The first kappa shape index (κ1) is 13.1. The van der Waals surface area contributed by atoms with Crippen molar-refractivity contribution in [3.8, 4) is 0 Å². The van der Waals surface area contributed by atoms with E-state index in [2.05, 4.69) is 29.8 Å². The zero-order chi connectivity index (χ0) is 13.0. The summed E-state index contributed by atoms with van der Waals surface area (Å²) < 4.78 is 0. The average Bonchev–Trinajstić information content (AvgIpc) is 2.82. The number of hydrogen-bond acceptors (Lipinski definition) is 3. The van der Waals surface area contributed by atoms with Gasteiger partial charge in [0.2, 0.25) is 0 Å². The van der Waals surface area contributed by atoms with Crippen molar-refractivity contribution < 1.29 is 0 Å². The van der Waals surface area contributed by atoms with Crippen LogP contribution in [0.15, 0.2) is 41.8 Å². The van der Waals surface area contributed by atoms with Crippen LogP contribution in [-0.2, 0) is 6.42 Å². The monoisotopic (exact) mass is 276 g/mol. The van der Waals surface area contributed by atoms with Gasteiger partial charge in [0.15, 0.2) is 0 Å². The van der Waals surface area contributed by atoms with E-state index in [4.69, 9.17) is 18.0 Å². The van der Waals surface area contributed by atoms with Gasteiger partial charge in [-0.15, -0.1) is 11.3 Å². The molecule has 4 heteroatoms. The van der Waals surface area contributed by atoms with Crippen LogP contribution in [0.25, 0.3) is 0 Å². The molecule has 0 saturated carbocycles. The zero-order valence-electron chi connectivity index (χ0n) is 10.2. The Morgan fingerprint density at radius 1 is 1.33 bits per heavy atom. The molecule has 1 unspecified atom stereocenters. The van der Waals surface area contributed by atoms with Crippen LogP contribution in [0.3, 0.4) is 0 Å². The average molecular weight is 276 g/mol. The lowest BCUT2D eigenvalue weighted by Gasteiger charge is -2.14. The molecule has 0 bridgehead atoms. The van der Waals surface area contributed by atoms with Gasteiger partial charge >= 0.3 is 0 Å². The van der Waals surface area contributed by atoms with Gasteiger partial charge in [-0.3, -0.25) is 0 Å². The molecule has 2 aromatic rings. The summed E-state index contributed by atoms with van der Waals surface area (Å²) in [5, 5.41) is 5.58. The molecule has 1 heterocycles. The molecular formula is C14H16N2S2. The van der Waals surface area contributed by atoms with Crippen molar-refractivity contribution in [2.45, 2.75) is 19.4 Å². The standard InChI is InChI=1S/C14H16N2S2/c1-10(9-13-3-2-8-18-13)16-12-6-4-11(5-7-12)14(15)17/h2-8,10,16H,9H2,1H3,(H2,15,17). The molecule has 0 spiro atoms. The highest BCUT2D eigenvalue weighted by molar-refractivity contribution is 7.80. The normalized spacial score (nSPS) is 12.1. The first-order valence-electron chi connectivity index (χ1n) is 5.84. The van der Waals surface area contributed by atoms with Crippen molar-refractivity contribution in [2.75, 3.05) is 5.32 Å². The fraction of sp³-hybridized carbons (Fsp3) is 0.214. The minimum absolute atomic E-state index is 0.402. The lowest BCUT2D eigenvalue weighted by molar-refractivity contribution is 0.800. The third kappa shape index (κ3) is 3.55. The van der Waals surface area contributed by atoms with Gasteiger partial charge in [0.05, 0.1) is 0 Å². The molecular weight excluding hydrogens is 260 g/mol. The van der Waals surface area contributed by atoms with Crippen LogP contribution in [0.5, 0.6) is 0 Å². The van der Waals surface area contributed by atoms with Gasteiger partial charge < -0.3 is 11.1 Å². The molecule has 0 aliphatic rings. The second-order valence-corrected chi connectivity index (χ2v) is 5.74. The molecule has 0 saturated heterocycles. The van der Waals surface area contributed by atoms with E-state index in [0.717, 1.165) is 17.7 Å². The van der Waals surface area contributed by atoms with E-state index in [0.29, 0.717) is 11.0 Å². The van der Waals surface area contributed by atoms with Crippen molar-refractivity contribution in [2.24, 2.45) is 5.73 Å². The van der Waals surface area contributed by atoms with Crippen LogP contribution in [-0.4, -0.2) is 11.0 Å². The molecule has 1 aromatic heterocycles. The summed E-state index contributed by atoms with van der Waals surface area (Å²) in [5.41, 5.74) is 7.57. The first-order valence-corrected chi connectivity index (χ1v) is 7.13. The number of anilines is 1. The van der Waals surface area contributed by atoms with Gasteiger partial charge in [-0.05, 0) is 42.6 Å². The molecule has 0 radical (unpaired) electrons. The third-order valence-corrected chi connectivity index (χ3v) is 3.80. The number of thiocarbonyl (C=S) groups is 1. The Morgan fingerprint density at radius 3 is 2.61 bits per heavy atom. The van der Waals surface area contributed by atoms with Gasteiger partial charge in [0.1, 0.15) is 4.99 Å². The minimum atomic E-state index is 0.402. The number of nitrogens with two attached hydrogens (primary N) is 1. The smallest absolute Gasteiger partial charge is 0.103 e. The Kier molecular flexibility index (Phi) is 4.33. The van der Waals surface area contributed by atoms with E-state index in [1.165, 1.54) is 4.88 Å². The Balaban J connectivity index is 1.94. The van der Waals surface area contributed by atoms with E-state index in [-0.39, 0.29) is 0 Å². The van der Waals surface area contributed by atoms with Crippen molar-refractivity contribution in [3.05, 3.63) is 52.2 Å². The van der Waals surface area contributed by atoms with Gasteiger partial charge in [-0.1, -0.05) is 18.3 Å². The van der Waals surface area contributed by atoms with Gasteiger partial charge in [-0.25, -0.2) is 0 Å². The number of hydrogen-bond donors (Lipinski definition) is 2. The van der Waals surface area contributed by atoms with Crippen molar-refractivity contribution >= 4 is 34.2 Å². The maximum atomic E-state index is 5.57. The van der Waals surface area contributed by atoms with Crippen LogP contribution in [0, 0.1) is 0 Å². The fourth-order valence-corrected chi connectivity index (χ4v) is 2.77. The molecule has 2 nitrogen and oxygen atoms in total. The molecule has 0 aliphatic heterocycles. The summed E-state index contributed by atoms with van der Waals surface area (Å²) in [6.07, 6.45) is 1.04. The third-order valence-electron chi connectivity index (χ3n) is 2.67. The highest BCUT2D eigenvalue weighted by Crippen LogP contribution is 2.15. The second-order valence-electron chi connectivity index (χ2n) is 4.27. The maximum absolute atomic E-state index is 5.57. The fourth-order valence-electron chi connectivity index (χ4n) is 1.80. The second kappa shape index (κ2) is 5.98. The van der Waals surface area contributed by atoms with Crippen molar-refractivity contribution in [3.63, 3.8) is 0 Å². The van der Waals surface area contributed by atoms with Crippen LogP contribution in [0.2, 0.25) is 0 Å². The molecule has 2 rings (SSSR count). The van der Waals surface area contributed by atoms with Crippen LogP contribution >= 0.6 is 23.6 Å². The summed E-state index contributed by atoms with van der Waals surface area (Å²) in [7, 11) is 0. The topological polar surface area (TPSA) is 38.0 Å². The van der Waals surface area contributed by atoms with E-state index in [1.807, 2.05) is 24.3 Å². The Bertz CT molecular complexity index is 503. The number of nitrogens with one attached hydrogen (secondary N) is 1. The number of benzene rings is 1. The summed E-state index contributed by atoms with van der Waals surface area (Å²) in [6, 6.07) is 12.6. The highest BCUT2D eigenvalue weighted by atomic mass is 32.1. The summed E-state index contributed by atoms with van der Waals surface area (Å²) in [4.78, 5) is 1.84. The van der Waals surface area contributed by atoms with Crippen LogP contribution < -0.4 is 11.1 Å². The molecule has 18 heavy (non-hydrogen) atoms. The molecule has 94 valence electrons. The highest BCUT2D eigenvalue weighted by Gasteiger charge is 2.04. The lowest BCUT2D eigenvalue weighted by atomic mass is 10.1. The van der Waals surface area contributed by atoms with Gasteiger partial charge in [0.25, 0.3) is 0 Å². The SMILES string of the molecule is CC(Cc1cccs1)Nc1ccc(C(N)=S)cc1. The van der Waals surface area contributed by atoms with Gasteiger partial charge in [-0.2, -0.15) is 0 Å². The molecule has 3 N–H and O–H groups in total. The molecule has 0 amide bonds. The number of thiophene rings is 1. The van der Waals surface area contributed by atoms with Gasteiger partial charge in [0, 0.05) is 28.6 Å². The molecule has 1 aromatic carbocycles. The van der Waals surface area contributed by atoms with Crippen molar-refractivity contribution in [1.82, 2.24) is 0 Å². The minimum Gasteiger partial charge on any atom is -0.389 e. The first-order chi connectivity index (χ1) is 8.65. The van der Waals surface area contributed by atoms with E-state index in [9.17, 15) is 0 Å². The predicted molar refractivity (Wildman–Crippen MR) is 83.4 cm³/mol. The Labute approximate surface area is 117 Å². The predicted octanol–water partition coefficient (Wildman–Crippen LogP) is 3.43. The molecule has 0 aliphatic carbocycles. The summed E-state index contributed by atoms with van der Waals surface area (Å²) >= 11 is 6.72. The van der Waals surface area contributed by atoms with E-state index < -0.39 is 0 Å². The Hall–Kier alpha value is -1.39. The summed E-state index contributed by atoms with van der Waals surface area (Å²) in [6.45, 7) is 2.18. The zero-order valence-corrected chi connectivity index (χ0v) is 11.9. The lowest BCUT2D eigenvalue weighted by Crippen LogP contribution is -2.17. The largest absolute Gasteiger partial charge is 0.389 e.